The van der Waals surface area contributed by atoms with E-state index in [-0.39, 0.29) is 18.7 Å². The van der Waals surface area contributed by atoms with Gasteiger partial charge in [-0.1, -0.05) is 6.07 Å². The van der Waals surface area contributed by atoms with Gasteiger partial charge in [-0.25, -0.2) is 13.6 Å². The summed E-state index contributed by atoms with van der Waals surface area (Å²) >= 11 is 0. The number of ether oxygens (including phenoxy) is 1. The van der Waals surface area contributed by atoms with E-state index in [1.165, 1.54) is 18.2 Å². The molecule has 0 unspecified atom stereocenters. The zero-order valence-corrected chi connectivity index (χ0v) is 13.7. The molecule has 0 bridgehead atoms. The molecule has 0 radical (unpaired) electrons. The van der Waals surface area contributed by atoms with E-state index >= 15 is 0 Å². The molecule has 0 aliphatic carbocycles. The lowest BCUT2D eigenvalue weighted by Crippen LogP contribution is -2.49. The van der Waals surface area contributed by atoms with E-state index < -0.39 is 28.9 Å². The number of alkyl carbamates (subject to hydrolysis) is 1. The molecule has 1 aromatic rings. The SMILES string of the molecule is CC(C)(CNC(=O)OC(C)(C)C)NCc1c(F)cccc1F. The number of carbonyl (C=O) groups is 1. The third-order valence-corrected chi connectivity index (χ3v) is 2.88. The summed E-state index contributed by atoms with van der Waals surface area (Å²) in [5.41, 5.74) is -1.14. The van der Waals surface area contributed by atoms with Crippen molar-refractivity contribution in [3.63, 3.8) is 0 Å². The Labute approximate surface area is 130 Å². The van der Waals surface area contributed by atoms with Gasteiger partial charge in [0.2, 0.25) is 0 Å². The first-order chi connectivity index (χ1) is 10.0. The molecule has 0 saturated heterocycles. The fourth-order valence-electron chi connectivity index (χ4n) is 1.70. The number of hydrogen-bond donors (Lipinski definition) is 2. The molecule has 1 aromatic carbocycles. The van der Waals surface area contributed by atoms with Crippen LogP contribution in [-0.2, 0) is 11.3 Å². The number of carbonyl (C=O) groups excluding carboxylic acids is 1. The monoisotopic (exact) mass is 314 g/mol. The van der Waals surface area contributed by atoms with Crippen LogP contribution in [0.2, 0.25) is 0 Å². The Hall–Kier alpha value is -1.69. The first-order valence-electron chi connectivity index (χ1n) is 7.15. The van der Waals surface area contributed by atoms with Crippen molar-refractivity contribution >= 4 is 6.09 Å². The van der Waals surface area contributed by atoms with Crippen molar-refractivity contribution in [2.75, 3.05) is 6.54 Å². The van der Waals surface area contributed by atoms with Crippen LogP contribution in [0.3, 0.4) is 0 Å². The Morgan fingerprint density at radius 1 is 1.14 bits per heavy atom. The van der Waals surface area contributed by atoms with Gasteiger partial charge in [-0.05, 0) is 46.8 Å². The summed E-state index contributed by atoms with van der Waals surface area (Å²) < 4.78 is 32.2. The molecule has 0 atom stereocenters. The van der Waals surface area contributed by atoms with Crippen molar-refractivity contribution in [2.24, 2.45) is 0 Å². The van der Waals surface area contributed by atoms with Crippen LogP contribution in [0.4, 0.5) is 13.6 Å². The van der Waals surface area contributed by atoms with Gasteiger partial charge < -0.3 is 15.4 Å². The van der Waals surface area contributed by atoms with Crippen LogP contribution in [0.5, 0.6) is 0 Å². The second-order valence-corrected chi connectivity index (χ2v) is 6.79. The molecule has 2 N–H and O–H groups in total. The maximum absolute atomic E-state index is 13.6. The summed E-state index contributed by atoms with van der Waals surface area (Å²) in [6.45, 7) is 9.26. The molecule has 0 aliphatic heterocycles. The number of rotatable bonds is 5. The van der Waals surface area contributed by atoms with Gasteiger partial charge in [0, 0.05) is 24.2 Å². The molecule has 1 amide bonds. The lowest BCUT2D eigenvalue weighted by atomic mass is 10.0. The standard InChI is InChI=1S/C16H24F2N2O2/c1-15(2,3)22-14(21)19-10-16(4,5)20-9-11-12(17)7-6-8-13(11)18/h6-8,20H,9-10H2,1-5H3,(H,19,21). The van der Waals surface area contributed by atoms with E-state index in [0.717, 1.165) is 0 Å². The van der Waals surface area contributed by atoms with Crippen molar-refractivity contribution in [3.8, 4) is 0 Å². The molecule has 0 fully saturated rings. The summed E-state index contributed by atoms with van der Waals surface area (Å²) in [5.74, 6) is -1.19. The Morgan fingerprint density at radius 3 is 2.18 bits per heavy atom. The number of benzene rings is 1. The van der Waals surface area contributed by atoms with Crippen LogP contribution in [-0.4, -0.2) is 23.8 Å². The van der Waals surface area contributed by atoms with Crippen LogP contribution in [0.1, 0.15) is 40.2 Å². The summed E-state index contributed by atoms with van der Waals surface area (Å²) in [4.78, 5) is 11.6. The largest absolute Gasteiger partial charge is 0.444 e. The van der Waals surface area contributed by atoms with Gasteiger partial charge in [0.1, 0.15) is 17.2 Å². The van der Waals surface area contributed by atoms with Crippen molar-refractivity contribution in [1.29, 1.82) is 0 Å². The van der Waals surface area contributed by atoms with Crippen molar-refractivity contribution in [1.82, 2.24) is 10.6 Å². The van der Waals surface area contributed by atoms with E-state index in [1.54, 1.807) is 20.8 Å². The third-order valence-electron chi connectivity index (χ3n) is 2.88. The number of halogens is 2. The number of amides is 1. The fraction of sp³-hybridized carbons (Fsp3) is 0.562. The molecule has 124 valence electrons. The molecule has 0 heterocycles. The fourth-order valence-corrected chi connectivity index (χ4v) is 1.70. The van der Waals surface area contributed by atoms with E-state index in [9.17, 15) is 13.6 Å². The van der Waals surface area contributed by atoms with Crippen molar-refractivity contribution in [3.05, 3.63) is 35.4 Å². The van der Waals surface area contributed by atoms with Crippen LogP contribution in [0.15, 0.2) is 18.2 Å². The van der Waals surface area contributed by atoms with E-state index in [2.05, 4.69) is 10.6 Å². The van der Waals surface area contributed by atoms with E-state index in [4.69, 9.17) is 4.74 Å². The van der Waals surface area contributed by atoms with Crippen LogP contribution in [0, 0.1) is 11.6 Å². The van der Waals surface area contributed by atoms with Crippen LogP contribution >= 0.6 is 0 Å². The number of hydrogen-bond acceptors (Lipinski definition) is 3. The van der Waals surface area contributed by atoms with Gasteiger partial charge in [0.25, 0.3) is 0 Å². The normalized spacial score (nSPS) is 12.1. The molecule has 0 aliphatic rings. The minimum absolute atomic E-state index is 0.0205. The summed E-state index contributed by atoms with van der Waals surface area (Å²) in [7, 11) is 0. The molecular formula is C16H24F2N2O2. The maximum atomic E-state index is 13.6. The molecular weight excluding hydrogens is 290 g/mol. The summed E-state index contributed by atoms with van der Waals surface area (Å²) in [6, 6.07) is 3.75. The Balaban J connectivity index is 2.52. The molecule has 1 rings (SSSR count). The highest BCUT2D eigenvalue weighted by atomic mass is 19.1. The van der Waals surface area contributed by atoms with E-state index in [1.807, 2.05) is 13.8 Å². The minimum atomic E-state index is -0.594. The lowest BCUT2D eigenvalue weighted by Gasteiger charge is -2.28. The van der Waals surface area contributed by atoms with Gasteiger partial charge in [-0.15, -0.1) is 0 Å². The van der Waals surface area contributed by atoms with E-state index in [0.29, 0.717) is 0 Å². The van der Waals surface area contributed by atoms with Crippen LogP contribution < -0.4 is 10.6 Å². The van der Waals surface area contributed by atoms with Gasteiger partial charge in [-0.3, -0.25) is 0 Å². The van der Waals surface area contributed by atoms with Gasteiger partial charge >= 0.3 is 6.09 Å². The minimum Gasteiger partial charge on any atom is -0.444 e. The highest BCUT2D eigenvalue weighted by Crippen LogP contribution is 2.13. The summed E-state index contributed by atoms with van der Waals surface area (Å²) in [6.07, 6.45) is -0.528. The maximum Gasteiger partial charge on any atom is 0.407 e. The Kier molecular flexibility index (Phi) is 5.88. The highest BCUT2D eigenvalue weighted by Gasteiger charge is 2.22. The zero-order chi connectivity index (χ0) is 17.0. The predicted octanol–water partition coefficient (Wildman–Crippen LogP) is 3.36. The molecule has 4 nitrogen and oxygen atoms in total. The second kappa shape index (κ2) is 7.05. The third kappa shape index (κ3) is 6.39. The van der Waals surface area contributed by atoms with Crippen molar-refractivity contribution in [2.45, 2.75) is 52.3 Å². The zero-order valence-electron chi connectivity index (χ0n) is 13.7. The topological polar surface area (TPSA) is 50.4 Å². The molecule has 0 spiro atoms. The second-order valence-electron chi connectivity index (χ2n) is 6.79. The van der Waals surface area contributed by atoms with Gasteiger partial charge in [0.15, 0.2) is 0 Å². The summed E-state index contributed by atoms with van der Waals surface area (Å²) in [5, 5.41) is 5.66. The van der Waals surface area contributed by atoms with Gasteiger partial charge in [0.05, 0.1) is 0 Å². The lowest BCUT2D eigenvalue weighted by molar-refractivity contribution is 0.0513. The molecule has 0 saturated carbocycles. The predicted molar refractivity (Wildman–Crippen MR) is 81.5 cm³/mol. The molecule has 0 aromatic heterocycles. The number of nitrogens with one attached hydrogen (secondary N) is 2. The Morgan fingerprint density at radius 2 is 1.68 bits per heavy atom. The quantitative estimate of drug-likeness (QED) is 0.876. The first-order valence-corrected chi connectivity index (χ1v) is 7.15. The van der Waals surface area contributed by atoms with Crippen LogP contribution in [0.25, 0.3) is 0 Å². The average molecular weight is 314 g/mol. The highest BCUT2D eigenvalue weighted by molar-refractivity contribution is 5.67. The molecule has 6 heteroatoms. The smallest absolute Gasteiger partial charge is 0.407 e. The van der Waals surface area contributed by atoms with Gasteiger partial charge in [-0.2, -0.15) is 0 Å². The first kappa shape index (κ1) is 18.4. The van der Waals surface area contributed by atoms with Crippen molar-refractivity contribution < 1.29 is 18.3 Å². The average Bonchev–Trinajstić information content (AvgIpc) is 2.34. The molecule has 22 heavy (non-hydrogen) atoms. The Bertz CT molecular complexity index is 505.